The number of carbonyl (C=O) groups excluding carboxylic acids is 1. The predicted molar refractivity (Wildman–Crippen MR) is 110 cm³/mol. The fourth-order valence-corrected chi connectivity index (χ4v) is 2.87. The van der Waals surface area contributed by atoms with Crippen LogP contribution in [-0.2, 0) is 13.0 Å². The van der Waals surface area contributed by atoms with Crippen molar-refractivity contribution < 1.29 is 13.9 Å². The SMILES string of the molecule is COc1ccccc1CNc1cc(C(=O)NCCc2ccc(F)cc2)nc(C)n1. The Labute approximate surface area is 169 Å². The summed E-state index contributed by atoms with van der Waals surface area (Å²) in [5.41, 5.74) is 2.22. The van der Waals surface area contributed by atoms with E-state index in [1.807, 2.05) is 24.3 Å². The van der Waals surface area contributed by atoms with Crippen LogP contribution in [-0.4, -0.2) is 29.5 Å². The number of aromatic nitrogens is 2. The van der Waals surface area contributed by atoms with Gasteiger partial charge >= 0.3 is 0 Å². The Balaban J connectivity index is 1.60. The van der Waals surface area contributed by atoms with E-state index < -0.39 is 0 Å². The lowest BCUT2D eigenvalue weighted by Gasteiger charge is -2.11. The fourth-order valence-electron chi connectivity index (χ4n) is 2.87. The van der Waals surface area contributed by atoms with Crippen molar-refractivity contribution in [1.82, 2.24) is 15.3 Å². The highest BCUT2D eigenvalue weighted by Gasteiger charge is 2.11. The zero-order valence-electron chi connectivity index (χ0n) is 16.4. The summed E-state index contributed by atoms with van der Waals surface area (Å²) in [7, 11) is 1.63. The Morgan fingerprint density at radius 3 is 2.62 bits per heavy atom. The molecule has 0 fully saturated rings. The highest BCUT2D eigenvalue weighted by atomic mass is 19.1. The van der Waals surface area contributed by atoms with Gasteiger partial charge in [0.05, 0.1) is 7.11 Å². The number of nitrogens with zero attached hydrogens (tertiary/aromatic N) is 2. The molecule has 6 nitrogen and oxygen atoms in total. The molecule has 3 rings (SSSR count). The molecule has 0 unspecified atom stereocenters. The smallest absolute Gasteiger partial charge is 0.270 e. The maximum absolute atomic E-state index is 13.0. The van der Waals surface area contributed by atoms with Crippen molar-refractivity contribution in [3.05, 3.63) is 83.1 Å². The molecule has 2 N–H and O–H groups in total. The summed E-state index contributed by atoms with van der Waals surface area (Å²) >= 11 is 0. The van der Waals surface area contributed by atoms with Gasteiger partial charge in [-0.3, -0.25) is 4.79 Å². The van der Waals surface area contributed by atoms with Crippen molar-refractivity contribution in [2.75, 3.05) is 19.0 Å². The summed E-state index contributed by atoms with van der Waals surface area (Å²) in [5, 5.41) is 6.05. The second-order valence-corrected chi connectivity index (χ2v) is 6.48. The first-order valence-corrected chi connectivity index (χ1v) is 9.29. The van der Waals surface area contributed by atoms with E-state index in [0.29, 0.717) is 36.8 Å². The molecule has 0 aliphatic rings. The van der Waals surface area contributed by atoms with Crippen LogP contribution in [0, 0.1) is 12.7 Å². The Morgan fingerprint density at radius 2 is 1.86 bits per heavy atom. The van der Waals surface area contributed by atoms with Crippen LogP contribution >= 0.6 is 0 Å². The van der Waals surface area contributed by atoms with Crippen LogP contribution in [0.15, 0.2) is 54.6 Å². The number of ether oxygens (including phenoxy) is 1. The first-order chi connectivity index (χ1) is 14.0. The van der Waals surface area contributed by atoms with Gasteiger partial charge in [-0.2, -0.15) is 0 Å². The van der Waals surface area contributed by atoms with Crippen molar-refractivity contribution >= 4 is 11.7 Å². The zero-order chi connectivity index (χ0) is 20.6. The van der Waals surface area contributed by atoms with E-state index in [1.165, 1.54) is 12.1 Å². The highest BCUT2D eigenvalue weighted by Crippen LogP contribution is 2.18. The molecular formula is C22H23FN4O2. The normalized spacial score (nSPS) is 10.4. The van der Waals surface area contributed by atoms with Crippen LogP contribution in [0.5, 0.6) is 5.75 Å². The number of hydrogen-bond donors (Lipinski definition) is 2. The van der Waals surface area contributed by atoms with Crippen LogP contribution in [0.4, 0.5) is 10.2 Å². The Morgan fingerprint density at radius 1 is 1.10 bits per heavy atom. The lowest BCUT2D eigenvalue weighted by Crippen LogP contribution is -2.27. The maximum Gasteiger partial charge on any atom is 0.270 e. The molecule has 0 aliphatic carbocycles. The summed E-state index contributed by atoms with van der Waals surface area (Å²) in [4.78, 5) is 21.0. The Hall–Kier alpha value is -3.48. The molecule has 150 valence electrons. The zero-order valence-corrected chi connectivity index (χ0v) is 16.4. The van der Waals surface area contributed by atoms with E-state index in [2.05, 4.69) is 20.6 Å². The average molecular weight is 394 g/mol. The minimum Gasteiger partial charge on any atom is -0.496 e. The van der Waals surface area contributed by atoms with Gasteiger partial charge in [-0.1, -0.05) is 30.3 Å². The molecule has 29 heavy (non-hydrogen) atoms. The standard InChI is InChI=1S/C22H23FN4O2/c1-15-26-19(22(28)24-12-11-16-7-9-18(23)10-8-16)13-21(27-15)25-14-17-5-3-4-6-20(17)29-2/h3-10,13H,11-12,14H2,1-2H3,(H,24,28)(H,25,26,27). The molecule has 0 atom stereocenters. The fraction of sp³-hybridized carbons (Fsp3) is 0.227. The Kier molecular flexibility index (Phi) is 6.73. The van der Waals surface area contributed by atoms with Gasteiger partial charge in [0.1, 0.15) is 28.9 Å². The van der Waals surface area contributed by atoms with E-state index in [1.54, 1.807) is 32.2 Å². The molecular weight excluding hydrogens is 371 g/mol. The van der Waals surface area contributed by atoms with Gasteiger partial charge in [-0.05, 0) is 37.1 Å². The van der Waals surface area contributed by atoms with Gasteiger partial charge < -0.3 is 15.4 Å². The number of nitrogens with one attached hydrogen (secondary N) is 2. The van der Waals surface area contributed by atoms with Crippen molar-refractivity contribution in [3.8, 4) is 5.75 Å². The molecule has 0 bridgehead atoms. The van der Waals surface area contributed by atoms with Crippen molar-refractivity contribution in [2.24, 2.45) is 0 Å². The quantitative estimate of drug-likeness (QED) is 0.611. The van der Waals surface area contributed by atoms with Gasteiger partial charge in [-0.15, -0.1) is 0 Å². The summed E-state index contributed by atoms with van der Waals surface area (Å²) in [6.07, 6.45) is 0.606. The molecule has 7 heteroatoms. The topological polar surface area (TPSA) is 76.1 Å². The predicted octanol–water partition coefficient (Wildman–Crippen LogP) is 3.52. The van der Waals surface area contributed by atoms with Crippen LogP contribution in [0.2, 0.25) is 0 Å². The minimum absolute atomic E-state index is 0.276. The van der Waals surface area contributed by atoms with Gasteiger partial charge in [0, 0.05) is 24.7 Å². The molecule has 3 aromatic rings. The second-order valence-electron chi connectivity index (χ2n) is 6.48. The summed E-state index contributed by atoms with van der Waals surface area (Å²) < 4.78 is 18.3. The van der Waals surface area contributed by atoms with E-state index in [9.17, 15) is 9.18 Å². The highest BCUT2D eigenvalue weighted by molar-refractivity contribution is 5.92. The number of carbonyl (C=O) groups is 1. The van der Waals surface area contributed by atoms with E-state index in [0.717, 1.165) is 16.9 Å². The van der Waals surface area contributed by atoms with Gasteiger partial charge in [0.2, 0.25) is 0 Å². The summed E-state index contributed by atoms with van der Waals surface area (Å²) in [6.45, 7) is 2.67. The molecule has 0 saturated carbocycles. The van der Waals surface area contributed by atoms with Gasteiger partial charge in [-0.25, -0.2) is 14.4 Å². The Bertz CT molecular complexity index is 977. The van der Waals surface area contributed by atoms with Crippen molar-refractivity contribution in [2.45, 2.75) is 19.9 Å². The minimum atomic E-state index is -0.280. The molecule has 1 aromatic heterocycles. The number of methoxy groups -OCH3 is 1. The lowest BCUT2D eigenvalue weighted by molar-refractivity contribution is 0.0949. The largest absolute Gasteiger partial charge is 0.496 e. The van der Waals surface area contributed by atoms with E-state index in [4.69, 9.17) is 4.74 Å². The molecule has 0 saturated heterocycles. The van der Waals surface area contributed by atoms with Crippen molar-refractivity contribution in [1.29, 1.82) is 0 Å². The third kappa shape index (κ3) is 5.75. The number of amides is 1. The second kappa shape index (κ2) is 9.64. The third-order valence-electron chi connectivity index (χ3n) is 4.34. The van der Waals surface area contributed by atoms with Gasteiger partial charge in [0.15, 0.2) is 0 Å². The maximum atomic E-state index is 13.0. The number of para-hydroxylation sites is 1. The average Bonchev–Trinajstić information content (AvgIpc) is 2.73. The molecule has 0 aliphatic heterocycles. The molecule has 1 heterocycles. The number of aryl methyl sites for hydroxylation is 1. The van der Waals surface area contributed by atoms with Crippen LogP contribution in [0.1, 0.15) is 27.4 Å². The van der Waals surface area contributed by atoms with Crippen LogP contribution in [0.25, 0.3) is 0 Å². The monoisotopic (exact) mass is 394 g/mol. The molecule has 0 spiro atoms. The number of rotatable bonds is 8. The third-order valence-corrected chi connectivity index (χ3v) is 4.34. The van der Waals surface area contributed by atoms with Gasteiger partial charge in [0.25, 0.3) is 5.91 Å². The molecule has 1 amide bonds. The van der Waals surface area contributed by atoms with Crippen molar-refractivity contribution in [3.63, 3.8) is 0 Å². The summed E-state index contributed by atoms with van der Waals surface area (Å²) in [6, 6.07) is 15.5. The molecule has 2 aromatic carbocycles. The van der Waals surface area contributed by atoms with E-state index >= 15 is 0 Å². The number of hydrogen-bond acceptors (Lipinski definition) is 5. The summed E-state index contributed by atoms with van der Waals surface area (Å²) in [5.74, 6) is 1.29. The number of benzene rings is 2. The lowest BCUT2D eigenvalue weighted by atomic mass is 10.1. The first kappa shape index (κ1) is 20.3. The molecule has 0 radical (unpaired) electrons. The number of anilines is 1. The number of halogens is 1. The van der Waals surface area contributed by atoms with Crippen LogP contribution < -0.4 is 15.4 Å². The van der Waals surface area contributed by atoms with E-state index in [-0.39, 0.29) is 11.7 Å². The van der Waals surface area contributed by atoms with Crippen LogP contribution in [0.3, 0.4) is 0 Å². The first-order valence-electron chi connectivity index (χ1n) is 9.29.